The maximum atomic E-state index is 12.5. The highest BCUT2D eigenvalue weighted by Gasteiger charge is 2.30. The summed E-state index contributed by atoms with van der Waals surface area (Å²) >= 11 is 1.28. The number of methoxy groups -OCH3 is 1. The van der Waals surface area contributed by atoms with Gasteiger partial charge < -0.3 is 19.5 Å². The topological polar surface area (TPSA) is 89.0 Å². The Kier molecular flexibility index (Phi) is 4.77. The number of aromatic nitrogens is 1. The van der Waals surface area contributed by atoms with Crippen LogP contribution in [-0.4, -0.2) is 59.8 Å². The van der Waals surface area contributed by atoms with Gasteiger partial charge in [-0.25, -0.2) is 9.78 Å². The van der Waals surface area contributed by atoms with Crippen LogP contribution < -0.4 is 4.74 Å². The number of amides is 1. The fourth-order valence-electron chi connectivity index (χ4n) is 2.38. The molecule has 1 aromatic carbocycles. The van der Waals surface area contributed by atoms with Crippen LogP contribution in [0.3, 0.4) is 0 Å². The van der Waals surface area contributed by atoms with E-state index in [1.54, 1.807) is 7.11 Å². The average Bonchev–Trinajstić information content (AvgIpc) is 3.11. The first-order valence-electron chi connectivity index (χ1n) is 7.32. The first-order valence-corrected chi connectivity index (χ1v) is 8.14. The number of rotatable bonds is 4. The maximum Gasteiger partial charge on any atom is 0.334 e. The molecule has 126 valence electrons. The first-order chi connectivity index (χ1) is 11.6. The summed E-state index contributed by atoms with van der Waals surface area (Å²) in [6.07, 6.45) is 0.550. The van der Waals surface area contributed by atoms with E-state index >= 15 is 0 Å². The molecule has 0 unspecified atom stereocenters. The molecule has 2 heterocycles. The molecule has 1 saturated heterocycles. The molecule has 1 fully saturated rings. The van der Waals surface area contributed by atoms with Crippen molar-refractivity contribution in [1.82, 2.24) is 9.88 Å². The summed E-state index contributed by atoms with van der Waals surface area (Å²) in [4.78, 5) is 29.8. The van der Waals surface area contributed by atoms with Crippen molar-refractivity contribution in [3.63, 3.8) is 0 Å². The van der Waals surface area contributed by atoms with Crippen molar-refractivity contribution in [2.75, 3.05) is 26.8 Å². The lowest BCUT2D eigenvalue weighted by Gasteiger charge is -2.30. The molecule has 0 bridgehead atoms. The molecular formula is C16H16N2O5S. The number of carbonyl (C=O) groups is 2. The van der Waals surface area contributed by atoms with Gasteiger partial charge in [-0.15, -0.1) is 11.3 Å². The molecule has 1 aliphatic rings. The first kappa shape index (κ1) is 16.4. The zero-order valence-electron chi connectivity index (χ0n) is 13.0. The zero-order chi connectivity index (χ0) is 17.1. The number of thiazole rings is 1. The van der Waals surface area contributed by atoms with Crippen LogP contribution in [0.1, 0.15) is 9.67 Å². The van der Waals surface area contributed by atoms with Crippen LogP contribution in [0.5, 0.6) is 5.75 Å². The van der Waals surface area contributed by atoms with Crippen molar-refractivity contribution in [3.05, 3.63) is 35.3 Å². The number of carboxylic acids is 1. The zero-order valence-corrected chi connectivity index (χ0v) is 13.8. The van der Waals surface area contributed by atoms with Crippen molar-refractivity contribution < 1.29 is 24.2 Å². The molecule has 1 atom stereocenters. The third-order valence-electron chi connectivity index (χ3n) is 3.68. The number of hydrogen-bond acceptors (Lipinski definition) is 6. The second kappa shape index (κ2) is 6.98. The SMILES string of the molecule is COc1ccc(-c2ncc(C(=O)N3CCO[C@H](C(=O)O)C3)s2)cc1. The van der Waals surface area contributed by atoms with E-state index < -0.39 is 12.1 Å². The molecule has 1 aliphatic heterocycles. The predicted molar refractivity (Wildman–Crippen MR) is 87.4 cm³/mol. The number of morpholine rings is 1. The smallest absolute Gasteiger partial charge is 0.334 e. The molecule has 3 rings (SSSR count). The highest BCUT2D eigenvalue weighted by Crippen LogP contribution is 2.27. The van der Waals surface area contributed by atoms with Gasteiger partial charge in [0.2, 0.25) is 0 Å². The highest BCUT2D eigenvalue weighted by atomic mass is 32.1. The normalized spacial score (nSPS) is 17.5. The Morgan fingerprint density at radius 3 is 2.79 bits per heavy atom. The average molecular weight is 348 g/mol. The molecule has 24 heavy (non-hydrogen) atoms. The van der Waals surface area contributed by atoms with Crippen LogP contribution in [0.4, 0.5) is 0 Å². The van der Waals surface area contributed by atoms with E-state index in [9.17, 15) is 9.59 Å². The van der Waals surface area contributed by atoms with E-state index in [-0.39, 0.29) is 19.1 Å². The number of carbonyl (C=O) groups excluding carboxylic acids is 1. The van der Waals surface area contributed by atoms with Crippen LogP contribution in [0.2, 0.25) is 0 Å². The van der Waals surface area contributed by atoms with Crippen molar-refractivity contribution >= 4 is 23.2 Å². The second-order valence-corrected chi connectivity index (χ2v) is 6.24. The summed E-state index contributed by atoms with van der Waals surface area (Å²) in [7, 11) is 1.60. The lowest BCUT2D eigenvalue weighted by Crippen LogP contribution is -2.48. The number of carboxylic acid groups (broad SMARTS) is 1. The van der Waals surface area contributed by atoms with Gasteiger partial charge in [0.05, 0.1) is 26.5 Å². The summed E-state index contributed by atoms with van der Waals surface area (Å²) in [5.74, 6) is -0.530. The van der Waals surface area contributed by atoms with E-state index in [1.807, 2.05) is 24.3 Å². The number of aliphatic carboxylic acids is 1. The van der Waals surface area contributed by atoms with Gasteiger partial charge in [0.1, 0.15) is 15.6 Å². The highest BCUT2D eigenvalue weighted by molar-refractivity contribution is 7.16. The summed E-state index contributed by atoms with van der Waals surface area (Å²) in [6.45, 7) is 0.634. The summed E-state index contributed by atoms with van der Waals surface area (Å²) in [5.41, 5.74) is 0.894. The van der Waals surface area contributed by atoms with Gasteiger partial charge >= 0.3 is 5.97 Å². The Hall–Kier alpha value is -2.45. The van der Waals surface area contributed by atoms with Gasteiger partial charge in [-0.1, -0.05) is 0 Å². The summed E-state index contributed by atoms with van der Waals surface area (Å²) in [5, 5.41) is 9.75. The molecule has 0 radical (unpaired) electrons. The molecule has 8 heteroatoms. The minimum atomic E-state index is -1.06. The van der Waals surface area contributed by atoms with Gasteiger partial charge in [-0.05, 0) is 24.3 Å². The summed E-state index contributed by atoms with van der Waals surface area (Å²) < 4.78 is 10.3. The second-order valence-electron chi connectivity index (χ2n) is 5.21. The third kappa shape index (κ3) is 3.39. The molecule has 7 nitrogen and oxygen atoms in total. The monoisotopic (exact) mass is 348 g/mol. The number of benzene rings is 1. The fourth-order valence-corrected chi connectivity index (χ4v) is 3.27. The fraction of sp³-hybridized carbons (Fsp3) is 0.312. The third-order valence-corrected chi connectivity index (χ3v) is 4.72. The molecule has 0 saturated carbocycles. The van der Waals surface area contributed by atoms with Crippen LogP contribution in [0.25, 0.3) is 10.6 Å². The van der Waals surface area contributed by atoms with Gasteiger partial charge in [0, 0.05) is 12.1 Å². The predicted octanol–water partition coefficient (Wildman–Crippen LogP) is 1.74. The van der Waals surface area contributed by atoms with Gasteiger partial charge in [-0.3, -0.25) is 4.79 Å². The maximum absolute atomic E-state index is 12.5. The van der Waals surface area contributed by atoms with Crippen LogP contribution in [-0.2, 0) is 9.53 Å². The van der Waals surface area contributed by atoms with Crippen molar-refractivity contribution in [2.45, 2.75) is 6.10 Å². The van der Waals surface area contributed by atoms with Gasteiger partial charge in [0.25, 0.3) is 5.91 Å². The summed E-state index contributed by atoms with van der Waals surface area (Å²) in [6, 6.07) is 7.41. The Bertz CT molecular complexity index is 743. The van der Waals surface area contributed by atoms with Crippen LogP contribution in [0.15, 0.2) is 30.5 Å². The minimum Gasteiger partial charge on any atom is -0.497 e. The van der Waals surface area contributed by atoms with Crippen LogP contribution in [0, 0.1) is 0 Å². The van der Waals surface area contributed by atoms with E-state index in [0.717, 1.165) is 16.3 Å². The van der Waals surface area contributed by atoms with E-state index in [2.05, 4.69) is 4.98 Å². The largest absolute Gasteiger partial charge is 0.497 e. The Morgan fingerprint density at radius 2 is 2.12 bits per heavy atom. The van der Waals surface area contributed by atoms with Crippen molar-refractivity contribution in [2.24, 2.45) is 0 Å². The molecule has 0 spiro atoms. The Morgan fingerprint density at radius 1 is 1.38 bits per heavy atom. The molecule has 2 aromatic rings. The van der Waals surface area contributed by atoms with Crippen molar-refractivity contribution in [1.29, 1.82) is 0 Å². The number of ether oxygens (including phenoxy) is 2. The standard InChI is InChI=1S/C16H16N2O5S/c1-22-11-4-2-10(3-5-11)14-17-8-13(24-14)15(19)18-6-7-23-12(9-18)16(20)21/h2-5,8,12H,6-7,9H2,1H3,(H,20,21)/t12-/m0/s1. The van der Waals surface area contributed by atoms with Gasteiger partial charge in [0.15, 0.2) is 6.10 Å². The number of nitrogens with zero attached hydrogens (tertiary/aromatic N) is 2. The molecule has 1 amide bonds. The lowest BCUT2D eigenvalue weighted by molar-refractivity contribution is -0.154. The minimum absolute atomic E-state index is 0.0456. The van der Waals surface area contributed by atoms with Crippen LogP contribution >= 0.6 is 11.3 Å². The lowest BCUT2D eigenvalue weighted by atomic mass is 10.2. The number of hydrogen-bond donors (Lipinski definition) is 1. The van der Waals surface area contributed by atoms with Crippen molar-refractivity contribution in [3.8, 4) is 16.3 Å². The molecule has 1 aromatic heterocycles. The van der Waals surface area contributed by atoms with Gasteiger partial charge in [-0.2, -0.15) is 0 Å². The molecule has 0 aliphatic carbocycles. The molecular weight excluding hydrogens is 332 g/mol. The molecule has 1 N–H and O–H groups in total. The quantitative estimate of drug-likeness (QED) is 0.905. The van der Waals surface area contributed by atoms with E-state index in [0.29, 0.717) is 11.4 Å². The van der Waals surface area contributed by atoms with E-state index in [4.69, 9.17) is 14.6 Å². The Labute approximate surface area is 142 Å². The van der Waals surface area contributed by atoms with E-state index in [1.165, 1.54) is 22.4 Å². The Balaban J connectivity index is 1.74.